The average molecular weight is 525 g/mol. The van der Waals surface area contributed by atoms with Crippen molar-refractivity contribution >= 4 is 23.6 Å². The molecular weight excluding hydrogens is 488 g/mol. The molecule has 6 heterocycles. The molecule has 0 spiro atoms. The number of furan rings is 2. The maximum absolute atomic E-state index is 12.6. The molecule has 4 aliphatic heterocycles. The van der Waals surface area contributed by atoms with E-state index in [-0.39, 0.29) is 46.7 Å². The zero-order valence-corrected chi connectivity index (χ0v) is 21.6. The van der Waals surface area contributed by atoms with Gasteiger partial charge in [-0.15, -0.1) is 0 Å². The van der Waals surface area contributed by atoms with Gasteiger partial charge in [-0.3, -0.25) is 19.2 Å². The van der Waals surface area contributed by atoms with Crippen LogP contribution in [0.5, 0.6) is 0 Å². The van der Waals surface area contributed by atoms with Gasteiger partial charge in [0.25, 0.3) is 23.6 Å². The van der Waals surface area contributed by atoms with Gasteiger partial charge in [0, 0.05) is 26.2 Å². The summed E-state index contributed by atoms with van der Waals surface area (Å²) in [7, 11) is 0. The van der Waals surface area contributed by atoms with Gasteiger partial charge < -0.3 is 30.1 Å². The second kappa shape index (κ2) is 11.9. The number of rotatable bonds is 0. The smallest absolute Gasteiger partial charge is 0.287 e. The third kappa shape index (κ3) is 6.46. The summed E-state index contributed by atoms with van der Waals surface area (Å²) in [5, 5.41) is 11.7. The first-order chi connectivity index (χ1) is 18.4. The van der Waals surface area contributed by atoms with Gasteiger partial charge in [-0.25, -0.2) is 0 Å². The fourth-order valence-corrected chi connectivity index (χ4v) is 5.74. The fraction of sp³-hybridized carbons (Fsp3) is 0.571. The van der Waals surface area contributed by atoms with E-state index in [1.54, 1.807) is 0 Å². The van der Waals surface area contributed by atoms with Gasteiger partial charge in [0.05, 0.1) is 0 Å². The van der Waals surface area contributed by atoms with Gasteiger partial charge >= 0.3 is 0 Å². The van der Waals surface area contributed by atoms with E-state index >= 15 is 0 Å². The van der Waals surface area contributed by atoms with Crippen LogP contribution in [0.4, 0.5) is 0 Å². The maximum atomic E-state index is 12.6. The molecule has 38 heavy (non-hydrogen) atoms. The summed E-state index contributed by atoms with van der Waals surface area (Å²) in [6.07, 6.45) is 7.55. The number of carbonyl (C=O) groups is 4. The number of nitrogens with one attached hydrogen (secondary N) is 4. The third-order valence-electron chi connectivity index (χ3n) is 8.24. The number of amides is 4. The molecule has 2 aromatic rings. The van der Waals surface area contributed by atoms with Crippen molar-refractivity contribution in [3.05, 3.63) is 47.3 Å². The molecule has 4 N–H and O–H groups in total. The van der Waals surface area contributed by atoms with Crippen molar-refractivity contribution in [3.8, 4) is 0 Å². The van der Waals surface area contributed by atoms with Gasteiger partial charge in [-0.2, -0.15) is 0 Å². The topological polar surface area (TPSA) is 143 Å². The van der Waals surface area contributed by atoms with Gasteiger partial charge in [0.15, 0.2) is 23.0 Å². The Morgan fingerprint density at radius 1 is 0.421 bits per heavy atom. The molecule has 0 radical (unpaired) electrons. The molecule has 204 valence electrons. The van der Waals surface area contributed by atoms with E-state index in [2.05, 4.69) is 21.3 Å². The van der Waals surface area contributed by atoms with Crippen LogP contribution in [0.1, 0.15) is 93.6 Å². The lowest BCUT2D eigenvalue weighted by molar-refractivity contribution is 0.0864. The number of hydrogen-bond donors (Lipinski definition) is 4. The predicted octanol–water partition coefficient (Wildman–Crippen LogP) is 3.12. The van der Waals surface area contributed by atoms with Crippen LogP contribution >= 0.6 is 0 Å². The second-order valence-corrected chi connectivity index (χ2v) is 10.9. The maximum Gasteiger partial charge on any atom is 0.287 e. The minimum absolute atomic E-state index is 0.136. The highest BCUT2D eigenvalue weighted by Crippen LogP contribution is 2.29. The van der Waals surface area contributed by atoms with Gasteiger partial charge in [-0.05, 0) is 99.3 Å². The summed E-state index contributed by atoms with van der Waals surface area (Å²) in [5.74, 6) is 0.678. The van der Waals surface area contributed by atoms with Crippen molar-refractivity contribution in [2.24, 2.45) is 23.7 Å². The lowest BCUT2D eigenvalue weighted by atomic mass is 9.82. The van der Waals surface area contributed by atoms with Crippen molar-refractivity contribution in [1.29, 1.82) is 0 Å². The molecule has 8 bridgehead atoms. The van der Waals surface area contributed by atoms with Crippen molar-refractivity contribution in [2.45, 2.75) is 51.4 Å². The highest BCUT2D eigenvalue weighted by Gasteiger charge is 2.26. The van der Waals surface area contributed by atoms with E-state index in [1.807, 2.05) is 0 Å². The second-order valence-electron chi connectivity index (χ2n) is 10.9. The lowest BCUT2D eigenvalue weighted by Crippen LogP contribution is -2.35. The van der Waals surface area contributed by atoms with Crippen LogP contribution in [0.15, 0.2) is 33.1 Å². The largest absolute Gasteiger partial charge is 0.446 e. The summed E-state index contributed by atoms with van der Waals surface area (Å²) in [4.78, 5) is 50.3. The van der Waals surface area contributed by atoms with Gasteiger partial charge in [0.1, 0.15) is 0 Å². The van der Waals surface area contributed by atoms with E-state index in [9.17, 15) is 19.2 Å². The molecule has 0 unspecified atom stereocenters. The molecule has 2 aliphatic carbocycles. The van der Waals surface area contributed by atoms with Crippen LogP contribution in [0.2, 0.25) is 0 Å². The first-order valence-corrected chi connectivity index (χ1v) is 13.8. The van der Waals surface area contributed by atoms with Crippen LogP contribution in [0.3, 0.4) is 0 Å². The molecule has 2 saturated carbocycles. The minimum atomic E-state index is -0.317. The van der Waals surface area contributed by atoms with E-state index in [4.69, 9.17) is 8.83 Å². The van der Waals surface area contributed by atoms with Crippen LogP contribution in [-0.2, 0) is 0 Å². The molecule has 4 amide bonds. The summed E-state index contributed by atoms with van der Waals surface area (Å²) >= 11 is 0. The molecular formula is C28H36N4O6. The molecule has 2 fully saturated rings. The van der Waals surface area contributed by atoms with E-state index in [0.29, 0.717) is 49.9 Å². The Hall–Kier alpha value is -3.56. The standard InChI is InChI=1S/C28H36N4O6/c33-25-21-9-10-23(37-21)27(35)31-15-19-5-7-20(8-6-19)16-32-28(36)24-12-11-22(38-24)26(34)30-14-18-2-1-17(3-4-18)13-29-25/h9-12,17-20H,1-8,13-16H2,(H,29,33)(H,30,34)(H,31,35)(H,32,36). The van der Waals surface area contributed by atoms with E-state index in [1.165, 1.54) is 24.3 Å². The predicted molar refractivity (Wildman–Crippen MR) is 138 cm³/mol. The third-order valence-corrected chi connectivity index (χ3v) is 8.24. The number of hydrogen-bond acceptors (Lipinski definition) is 6. The zero-order chi connectivity index (χ0) is 26.5. The minimum Gasteiger partial charge on any atom is -0.446 e. The molecule has 2 aromatic heterocycles. The van der Waals surface area contributed by atoms with Crippen LogP contribution < -0.4 is 21.3 Å². The zero-order valence-electron chi connectivity index (χ0n) is 21.6. The molecule has 8 rings (SSSR count). The van der Waals surface area contributed by atoms with Crippen LogP contribution in [0.25, 0.3) is 0 Å². The Morgan fingerprint density at radius 2 is 0.632 bits per heavy atom. The quantitative estimate of drug-likeness (QED) is 0.417. The highest BCUT2D eigenvalue weighted by atomic mass is 16.4. The Morgan fingerprint density at radius 3 is 0.842 bits per heavy atom. The van der Waals surface area contributed by atoms with Crippen LogP contribution in [-0.4, -0.2) is 49.8 Å². The average Bonchev–Trinajstić information content (AvgIpc) is 3.64. The van der Waals surface area contributed by atoms with Gasteiger partial charge in [0.2, 0.25) is 0 Å². The molecule has 10 nitrogen and oxygen atoms in total. The van der Waals surface area contributed by atoms with Gasteiger partial charge in [-0.1, -0.05) is 0 Å². The first kappa shape index (κ1) is 26.1. The SMILES string of the molecule is O=C1NCC2CCC(CC2)CNC(=O)c2ccc(o2)C(=O)NCC2CCC(CC2)CNC(=O)c2ccc1o2. The molecule has 6 aliphatic rings. The summed E-state index contributed by atoms with van der Waals surface area (Å²) in [6.45, 7) is 2.17. The molecule has 0 atom stereocenters. The number of carbonyl (C=O) groups excluding carboxylic acids is 4. The van der Waals surface area contributed by atoms with E-state index in [0.717, 1.165) is 51.4 Å². The fourth-order valence-electron chi connectivity index (χ4n) is 5.74. The Balaban J connectivity index is 1.22. The van der Waals surface area contributed by atoms with Crippen molar-refractivity contribution in [3.63, 3.8) is 0 Å². The first-order valence-electron chi connectivity index (χ1n) is 13.8. The Labute approximate surface area is 221 Å². The summed E-state index contributed by atoms with van der Waals surface area (Å²) in [6, 6.07) is 6.16. The van der Waals surface area contributed by atoms with Crippen molar-refractivity contribution in [1.82, 2.24) is 21.3 Å². The Kier molecular flexibility index (Phi) is 8.14. The monoisotopic (exact) mass is 524 g/mol. The highest BCUT2D eigenvalue weighted by molar-refractivity contribution is 5.96. The molecule has 10 heteroatoms. The van der Waals surface area contributed by atoms with Crippen LogP contribution in [0, 0.1) is 23.7 Å². The Bertz CT molecular complexity index is 979. The molecule has 0 saturated heterocycles. The molecule has 0 aromatic carbocycles. The van der Waals surface area contributed by atoms with Crippen molar-refractivity contribution in [2.75, 3.05) is 26.2 Å². The van der Waals surface area contributed by atoms with Crippen molar-refractivity contribution < 1.29 is 28.0 Å². The summed E-state index contributed by atoms with van der Waals surface area (Å²) < 4.78 is 11.1. The summed E-state index contributed by atoms with van der Waals surface area (Å²) in [5.41, 5.74) is 0. The lowest BCUT2D eigenvalue weighted by Gasteiger charge is -2.28. The normalized spacial score (nSPS) is 27.8. The van der Waals surface area contributed by atoms with E-state index < -0.39 is 0 Å².